The van der Waals surface area contributed by atoms with Gasteiger partial charge in [-0.05, 0) is 24.1 Å². The summed E-state index contributed by atoms with van der Waals surface area (Å²) < 4.78 is 32.1. The van der Waals surface area contributed by atoms with Crippen LogP contribution in [0.3, 0.4) is 0 Å². The van der Waals surface area contributed by atoms with Gasteiger partial charge < -0.3 is 4.42 Å². The second-order valence-corrected chi connectivity index (χ2v) is 7.69. The van der Waals surface area contributed by atoms with E-state index < -0.39 is 10.0 Å². The minimum absolute atomic E-state index is 0.0114. The smallest absolute Gasteiger partial charge is 0.249 e. The number of aryl methyl sites for hydroxylation is 1. The van der Waals surface area contributed by atoms with Crippen molar-refractivity contribution in [3.05, 3.63) is 71.1 Å². The van der Waals surface area contributed by atoms with Crippen molar-refractivity contribution in [1.82, 2.24) is 14.9 Å². The number of nitrogens with one attached hydrogen (secondary N) is 1. The highest BCUT2D eigenvalue weighted by atomic mass is 35.5. The molecule has 0 aliphatic heterocycles. The van der Waals surface area contributed by atoms with Crippen LogP contribution in [0.25, 0.3) is 11.5 Å². The van der Waals surface area contributed by atoms with Crippen LogP contribution in [-0.2, 0) is 23.0 Å². The number of nitrogens with zero attached hydrogens (tertiary/aromatic N) is 2. The van der Waals surface area contributed by atoms with E-state index in [0.717, 1.165) is 5.56 Å². The molecular weight excluding hydrogens is 362 g/mol. The third-order valence-corrected chi connectivity index (χ3v) is 5.17. The molecule has 1 N–H and O–H groups in total. The second-order valence-electron chi connectivity index (χ2n) is 5.36. The molecule has 8 heteroatoms. The van der Waals surface area contributed by atoms with Crippen LogP contribution in [0.4, 0.5) is 0 Å². The first-order chi connectivity index (χ1) is 12.0. The lowest BCUT2D eigenvalue weighted by Crippen LogP contribution is -2.27. The first kappa shape index (κ1) is 17.6. The van der Waals surface area contributed by atoms with Crippen molar-refractivity contribution < 1.29 is 12.8 Å². The zero-order chi connectivity index (χ0) is 17.7. The van der Waals surface area contributed by atoms with Crippen LogP contribution in [0, 0.1) is 0 Å². The topological polar surface area (TPSA) is 85.1 Å². The molecule has 130 valence electrons. The normalized spacial score (nSPS) is 11.6. The van der Waals surface area contributed by atoms with Gasteiger partial charge in [0.1, 0.15) is 0 Å². The van der Waals surface area contributed by atoms with E-state index in [-0.39, 0.29) is 24.1 Å². The molecule has 0 saturated carbocycles. The Labute approximate surface area is 150 Å². The van der Waals surface area contributed by atoms with Crippen LogP contribution in [0.15, 0.2) is 59.0 Å². The Morgan fingerprint density at radius 2 is 1.72 bits per heavy atom. The quantitative estimate of drug-likeness (QED) is 0.684. The van der Waals surface area contributed by atoms with Crippen molar-refractivity contribution in [3.8, 4) is 11.5 Å². The molecule has 0 saturated heterocycles. The molecule has 3 aromatic rings. The van der Waals surface area contributed by atoms with E-state index in [4.69, 9.17) is 16.0 Å². The zero-order valence-electron chi connectivity index (χ0n) is 13.2. The molecule has 2 aromatic carbocycles. The largest absolute Gasteiger partial charge is 0.419 e. The molecule has 0 amide bonds. The molecule has 1 heterocycles. The molecule has 0 aliphatic rings. The van der Waals surface area contributed by atoms with Gasteiger partial charge in [-0.2, -0.15) is 0 Å². The lowest BCUT2D eigenvalue weighted by atomic mass is 10.2. The highest BCUT2D eigenvalue weighted by Gasteiger charge is 2.15. The average Bonchev–Trinajstić information content (AvgIpc) is 3.09. The number of sulfonamides is 1. The van der Waals surface area contributed by atoms with E-state index in [2.05, 4.69) is 14.9 Å². The van der Waals surface area contributed by atoms with E-state index in [1.165, 1.54) is 0 Å². The Kier molecular flexibility index (Phi) is 5.47. The van der Waals surface area contributed by atoms with Crippen molar-refractivity contribution in [2.75, 3.05) is 5.75 Å². The van der Waals surface area contributed by atoms with E-state index in [1.807, 2.05) is 30.3 Å². The maximum Gasteiger partial charge on any atom is 0.249 e. The number of aromatic nitrogens is 2. The Morgan fingerprint density at radius 1 is 1.00 bits per heavy atom. The average molecular weight is 378 g/mol. The third kappa shape index (κ3) is 4.88. The first-order valence-corrected chi connectivity index (χ1v) is 9.65. The summed E-state index contributed by atoms with van der Waals surface area (Å²) in [5.41, 5.74) is 1.57. The number of halogens is 1. The van der Waals surface area contributed by atoms with Gasteiger partial charge in [0.25, 0.3) is 0 Å². The molecule has 0 spiro atoms. The Hall–Kier alpha value is -2.22. The molecule has 0 bridgehead atoms. The molecule has 0 unspecified atom stereocenters. The van der Waals surface area contributed by atoms with E-state index in [1.54, 1.807) is 24.3 Å². The van der Waals surface area contributed by atoms with Gasteiger partial charge in [-0.15, -0.1) is 10.2 Å². The van der Waals surface area contributed by atoms with Gasteiger partial charge in [0, 0.05) is 0 Å². The van der Waals surface area contributed by atoms with Gasteiger partial charge in [0.15, 0.2) is 0 Å². The highest BCUT2D eigenvalue weighted by Crippen LogP contribution is 2.26. The number of benzene rings is 2. The Bertz CT molecular complexity index is 943. The Morgan fingerprint density at radius 3 is 2.48 bits per heavy atom. The molecule has 3 rings (SSSR count). The van der Waals surface area contributed by atoms with Crippen molar-refractivity contribution in [2.45, 2.75) is 13.0 Å². The van der Waals surface area contributed by atoms with Gasteiger partial charge in [0.05, 0.1) is 22.9 Å². The predicted molar refractivity (Wildman–Crippen MR) is 95.5 cm³/mol. The summed E-state index contributed by atoms with van der Waals surface area (Å²) in [5.74, 6) is 0.421. The SMILES string of the molecule is O=S(=O)(CCc1ccccc1)NCc1nnc(-c2ccccc2Cl)o1. The number of hydrogen-bond donors (Lipinski definition) is 1. The molecular formula is C17H16ClN3O3S. The van der Waals surface area contributed by atoms with Crippen LogP contribution in [0.2, 0.25) is 5.02 Å². The summed E-state index contributed by atoms with van der Waals surface area (Å²) in [6.07, 6.45) is 0.435. The molecule has 1 aromatic heterocycles. The summed E-state index contributed by atoms with van der Waals surface area (Å²) >= 11 is 6.08. The molecule has 0 atom stereocenters. The van der Waals surface area contributed by atoms with Crippen LogP contribution in [0.1, 0.15) is 11.5 Å². The number of hydrogen-bond acceptors (Lipinski definition) is 5. The summed E-state index contributed by atoms with van der Waals surface area (Å²) in [5, 5.41) is 8.25. The van der Waals surface area contributed by atoms with Crippen LogP contribution < -0.4 is 4.72 Å². The summed E-state index contributed by atoms with van der Waals surface area (Å²) in [6.45, 7) is -0.0609. The van der Waals surface area contributed by atoms with Crippen LogP contribution in [-0.4, -0.2) is 24.4 Å². The van der Waals surface area contributed by atoms with Gasteiger partial charge in [-0.3, -0.25) is 0 Å². The third-order valence-electron chi connectivity index (χ3n) is 3.52. The van der Waals surface area contributed by atoms with E-state index in [9.17, 15) is 8.42 Å². The summed E-state index contributed by atoms with van der Waals surface area (Å²) in [7, 11) is -3.45. The predicted octanol–water partition coefficient (Wildman–Crippen LogP) is 3.05. The molecule has 0 aliphatic carbocycles. The summed E-state index contributed by atoms with van der Waals surface area (Å²) in [4.78, 5) is 0. The monoisotopic (exact) mass is 377 g/mol. The van der Waals surface area contributed by atoms with Gasteiger partial charge >= 0.3 is 0 Å². The van der Waals surface area contributed by atoms with Crippen molar-refractivity contribution in [2.24, 2.45) is 0 Å². The van der Waals surface area contributed by atoms with E-state index >= 15 is 0 Å². The maximum absolute atomic E-state index is 12.1. The minimum Gasteiger partial charge on any atom is -0.419 e. The lowest BCUT2D eigenvalue weighted by molar-refractivity contribution is 0.494. The van der Waals surface area contributed by atoms with Crippen LogP contribution >= 0.6 is 11.6 Å². The maximum atomic E-state index is 12.1. The molecule has 0 fully saturated rings. The second kappa shape index (κ2) is 7.77. The van der Waals surface area contributed by atoms with Crippen molar-refractivity contribution >= 4 is 21.6 Å². The van der Waals surface area contributed by atoms with Gasteiger partial charge in [-0.1, -0.05) is 54.1 Å². The zero-order valence-corrected chi connectivity index (χ0v) is 14.8. The van der Waals surface area contributed by atoms with Crippen molar-refractivity contribution in [3.63, 3.8) is 0 Å². The van der Waals surface area contributed by atoms with Crippen molar-refractivity contribution in [1.29, 1.82) is 0 Å². The fraction of sp³-hybridized carbons (Fsp3) is 0.176. The fourth-order valence-corrected chi connectivity index (χ4v) is 3.42. The summed E-state index contributed by atoms with van der Waals surface area (Å²) in [6, 6.07) is 16.5. The highest BCUT2D eigenvalue weighted by molar-refractivity contribution is 7.89. The molecule has 6 nitrogen and oxygen atoms in total. The fourth-order valence-electron chi connectivity index (χ4n) is 2.21. The first-order valence-electron chi connectivity index (χ1n) is 7.62. The molecule has 0 radical (unpaired) electrons. The van der Waals surface area contributed by atoms with Gasteiger partial charge in [-0.25, -0.2) is 13.1 Å². The molecule has 25 heavy (non-hydrogen) atoms. The van der Waals surface area contributed by atoms with Gasteiger partial charge in [0.2, 0.25) is 21.8 Å². The Balaban J connectivity index is 1.59. The minimum atomic E-state index is -3.45. The standard InChI is InChI=1S/C17H16ClN3O3S/c18-15-9-5-4-8-14(15)17-21-20-16(24-17)12-19-25(22,23)11-10-13-6-2-1-3-7-13/h1-9,19H,10-12H2. The van der Waals surface area contributed by atoms with E-state index in [0.29, 0.717) is 17.0 Å². The number of rotatable bonds is 7. The lowest BCUT2D eigenvalue weighted by Gasteiger charge is -2.04. The van der Waals surface area contributed by atoms with Crippen LogP contribution in [0.5, 0.6) is 0 Å².